The molecule has 1 heterocycles. The molecule has 0 aromatic heterocycles. The van der Waals surface area contributed by atoms with E-state index < -0.39 is 0 Å². The normalized spacial score (nSPS) is 20.1. The number of hydrogen-bond donors (Lipinski definition) is 3. The molecule has 2 aromatic rings. The van der Waals surface area contributed by atoms with Crippen LogP contribution in [-0.2, 0) is 4.79 Å². The van der Waals surface area contributed by atoms with Crippen molar-refractivity contribution in [3.05, 3.63) is 57.7 Å². The highest BCUT2D eigenvalue weighted by molar-refractivity contribution is 9.10. The summed E-state index contributed by atoms with van der Waals surface area (Å²) in [5.41, 5.74) is 4.35. The van der Waals surface area contributed by atoms with Gasteiger partial charge in [0.15, 0.2) is 17.3 Å². The fourth-order valence-corrected chi connectivity index (χ4v) is 4.63. The fraction of sp³-hybridized carbons (Fsp3) is 0.348. The van der Waals surface area contributed by atoms with E-state index >= 15 is 0 Å². The lowest BCUT2D eigenvalue weighted by Gasteiger charge is -2.34. The Kier molecular flexibility index (Phi) is 5.07. The standard InChI is InChI=1S/C23H25BrN2O3/c1-4-29-19-10-13(9-14(24)22(19)28)21-20-17(11-23(2,3)12-18(20)27)25-15-7-5-6-8-16(15)26-21/h5-10,21,25-26,28H,4,11-12H2,1-3H3/t21-/m0/s1. The average molecular weight is 457 g/mol. The van der Waals surface area contributed by atoms with Crippen LogP contribution in [0.5, 0.6) is 11.5 Å². The molecular weight excluding hydrogens is 432 g/mol. The largest absolute Gasteiger partial charge is 0.503 e. The van der Waals surface area contributed by atoms with Gasteiger partial charge in [0.1, 0.15) is 0 Å². The van der Waals surface area contributed by atoms with Crippen molar-refractivity contribution in [2.75, 3.05) is 17.2 Å². The number of phenolic OH excluding ortho intramolecular Hbond substituents is 1. The number of nitrogens with one attached hydrogen (secondary N) is 2. The Hall–Kier alpha value is -2.47. The number of ketones is 1. The third-order valence-corrected chi connectivity index (χ3v) is 6.01. The van der Waals surface area contributed by atoms with Crippen molar-refractivity contribution in [3.63, 3.8) is 0 Å². The number of halogens is 1. The number of Topliss-reactive ketones (excluding diaryl/α,β-unsaturated/α-hetero) is 1. The van der Waals surface area contributed by atoms with Crippen molar-refractivity contribution in [1.29, 1.82) is 0 Å². The van der Waals surface area contributed by atoms with E-state index in [2.05, 4.69) is 40.4 Å². The third kappa shape index (κ3) is 3.73. The second-order valence-electron chi connectivity index (χ2n) is 8.36. The molecular formula is C23H25BrN2O3. The second kappa shape index (κ2) is 7.41. The smallest absolute Gasteiger partial charge is 0.172 e. The minimum absolute atomic E-state index is 0.0630. The van der Waals surface area contributed by atoms with E-state index in [4.69, 9.17) is 4.74 Å². The number of carbonyl (C=O) groups excluding carboxylic acids is 1. The number of aromatic hydroxyl groups is 1. The molecule has 0 bridgehead atoms. The molecule has 0 saturated heterocycles. The van der Waals surface area contributed by atoms with Gasteiger partial charge in [0.05, 0.1) is 28.5 Å². The van der Waals surface area contributed by atoms with E-state index in [1.54, 1.807) is 0 Å². The zero-order valence-electron chi connectivity index (χ0n) is 16.8. The molecule has 1 atom stereocenters. The maximum absolute atomic E-state index is 13.3. The molecule has 0 fully saturated rings. The van der Waals surface area contributed by atoms with Gasteiger partial charge in [-0.05, 0) is 64.5 Å². The molecule has 2 aromatic carbocycles. The predicted octanol–water partition coefficient (Wildman–Crippen LogP) is 5.78. The molecule has 0 radical (unpaired) electrons. The van der Waals surface area contributed by atoms with Crippen molar-refractivity contribution in [1.82, 2.24) is 0 Å². The van der Waals surface area contributed by atoms with Crippen molar-refractivity contribution in [2.24, 2.45) is 5.41 Å². The molecule has 3 N–H and O–H groups in total. The van der Waals surface area contributed by atoms with E-state index in [1.165, 1.54) is 0 Å². The summed E-state index contributed by atoms with van der Waals surface area (Å²) < 4.78 is 6.16. The van der Waals surface area contributed by atoms with Crippen LogP contribution in [0.1, 0.15) is 45.2 Å². The van der Waals surface area contributed by atoms with Crippen LogP contribution in [0, 0.1) is 5.41 Å². The van der Waals surface area contributed by atoms with Gasteiger partial charge in [0.25, 0.3) is 0 Å². The summed E-state index contributed by atoms with van der Waals surface area (Å²) in [6.07, 6.45) is 1.29. The Labute approximate surface area is 179 Å². The van der Waals surface area contributed by atoms with Crippen molar-refractivity contribution in [2.45, 2.75) is 39.7 Å². The van der Waals surface area contributed by atoms with Gasteiger partial charge >= 0.3 is 0 Å². The summed E-state index contributed by atoms with van der Waals surface area (Å²) in [4.78, 5) is 13.3. The quantitative estimate of drug-likeness (QED) is 0.546. The minimum atomic E-state index is -0.346. The Balaban J connectivity index is 1.90. The van der Waals surface area contributed by atoms with Crippen LogP contribution in [0.2, 0.25) is 0 Å². The minimum Gasteiger partial charge on any atom is -0.503 e. The van der Waals surface area contributed by atoms with E-state index in [0.29, 0.717) is 23.2 Å². The lowest BCUT2D eigenvalue weighted by atomic mass is 9.73. The third-order valence-electron chi connectivity index (χ3n) is 5.41. The zero-order chi connectivity index (χ0) is 20.8. The highest BCUT2D eigenvalue weighted by atomic mass is 79.9. The Morgan fingerprint density at radius 2 is 1.93 bits per heavy atom. The molecule has 152 valence electrons. The second-order valence-corrected chi connectivity index (χ2v) is 9.22. The fourth-order valence-electron chi connectivity index (χ4n) is 4.17. The van der Waals surface area contributed by atoms with Gasteiger partial charge < -0.3 is 20.5 Å². The monoisotopic (exact) mass is 456 g/mol. The van der Waals surface area contributed by atoms with Crippen LogP contribution in [0.15, 0.2) is 52.1 Å². The van der Waals surface area contributed by atoms with Gasteiger partial charge in [-0.1, -0.05) is 26.0 Å². The molecule has 2 aliphatic rings. The SMILES string of the molecule is CCOc1cc([C@@H]2Nc3ccccc3NC3=C2C(=O)CC(C)(C)C3)cc(Br)c1O. The van der Waals surface area contributed by atoms with Crippen molar-refractivity contribution >= 4 is 33.1 Å². The maximum Gasteiger partial charge on any atom is 0.172 e. The average Bonchev–Trinajstić information content (AvgIpc) is 2.80. The molecule has 29 heavy (non-hydrogen) atoms. The van der Waals surface area contributed by atoms with Crippen LogP contribution in [0.25, 0.3) is 0 Å². The van der Waals surface area contributed by atoms with Crippen LogP contribution in [0.3, 0.4) is 0 Å². The molecule has 0 amide bonds. The van der Waals surface area contributed by atoms with Crippen LogP contribution in [-0.4, -0.2) is 17.5 Å². The number of allylic oxidation sites excluding steroid dienone is 1. The van der Waals surface area contributed by atoms with Crippen molar-refractivity contribution < 1.29 is 14.6 Å². The van der Waals surface area contributed by atoms with Gasteiger partial charge in [-0.2, -0.15) is 0 Å². The lowest BCUT2D eigenvalue weighted by molar-refractivity contribution is -0.118. The molecule has 0 unspecified atom stereocenters. The van der Waals surface area contributed by atoms with Gasteiger partial charge in [-0.3, -0.25) is 4.79 Å². The predicted molar refractivity (Wildman–Crippen MR) is 118 cm³/mol. The first-order chi connectivity index (χ1) is 13.8. The first kappa shape index (κ1) is 19.8. The molecule has 0 spiro atoms. The Bertz CT molecular complexity index is 1010. The van der Waals surface area contributed by atoms with E-state index in [-0.39, 0.29) is 23.0 Å². The number of carbonyl (C=O) groups is 1. The molecule has 1 aliphatic carbocycles. The van der Waals surface area contributed by atoms with Crippen LogP contribution >= 0.6 is 15.9 Å². The molecule has 1 aliphatic heterocycles. The van der Waals surface area contributed by atoms with Crippen LogP contribution < -0.4 is 15.4 Å². The highest BCUT2D eigenvalue weighted by Crippen LogP contribution is 2.47. The summed E-state index contributed by atoms with van der Waals surface area (Å²) in [7, 11) is 0. The van der Waals surface area contributed by atoms with Crippen molar-refractivity contribution in [3.8, 4) is 11.5 Å². The number of rotatable bonds is 3. The molecule has 4 rings (SSSR count). The molecule has 6 heteroatoms. The number of ether oxygens (including phenoxy) is 1. The van der Waals surface area contributed by atoms with Crippen LogP contribution in [0.4, 0.5) is 11.4 Å². The lowest BCUT2D eigenvalue weighted by Crippen LogP contribution is -2.31. The number of benzene rings is 2. The Morgan fingerprint density at radius 1 is 1.21 bits per heavy atom. The van der Waals surface area contributed by atoms with E-state index in [1.807, 2.05) is 43.3 Å². The zero-order valence-corrected chi connectivity index (χ0v) is 18.4. The number of para-hydroxylation sites is 2. The van der Waals surface area contributed by atoms with Gasteiger partial charge in [-0.25, -0.2) is 0 Å². The first-order valence-corrected chi connectivity index (χ1v) is 10.6. The Morgan fingerprint density at radius 3 is 2.66 bits per heavy atom. The topological polar surface area (TPSA) is 70.6 Å². The van der Waals surface area contributed by atoms with E-state index in [0.717, 1.165) is 34.6 Å². The van der Waals surface area contributed by atoms with Gasteiger partial charge in [0.2, 0.25) is 0 Å². The number of fused-ring (bicyclic) bond motifs is 1. The van der Waals surface area contributed by atoms with Gasteiger partial charge in [-0.15, -0.1) is 0 Å². The highest BCUT2D eigenvalue weighted by Gasteiger charge is 2.39. The first-order valence-electron chi connectivity index (χ1n) is 9.83. The summed E-state index contributed by atoms with van der Waals surface area (Å²) in [6.45, 7) is 6.56. The summed E-state index contributed by atoms with van der Waals surface area (Å²) in [5, 5.41) is 17.4. The molecule has 5 nitrogen and oxygen atoms in total. The maximum atomic E-state index is 13.3. The molecule has 0 saturated carbocycles. The number of hydrogen-bond acceptors (Lipinski definition) is 5. The summed E-state index contributed by atoms with van der Waals surface area (Å²) in [5.74, 6) is 0.596. The summed E-state index contributed by atoms with van der Waals surface area (Å²) >= 11 is 3.43. The van der Waals surface area contributed by atoms with Gasteiger partial charge in [0, 0.05) is 17.7 Å². The number of anilines is 2. The summed E-state index contributed by atoms with van der Waals surface area (Å²) in [6, 6.07) is 11.3. The number of phenols is 1. The van der Waals surface area contributed by atoms with E-state index in [9.17, 15) is 9.90 Å².